The maximum Gasteiger partial charge on any atom is 0.0499 e. The van der Waals surface area contributed by atoms with Crippen molar-refractivity contribution in [2.75, 3.05) is 27.2 Å². The van der Waals surface area contributed by atoms with Crippen molar-refractivity contribution in [3.05, 3.63) is 35.4 Å². The Bertz CT molecular complexity index is 430. The van der Waals surface area contributed by atoms with Crippen molar-refractivity contribution in [2.45, 2.75) is 44.8 Å². The summed E-state index contributed by atoms with van der Waals surface area (Å²) < 4.78 is 0. The van der Waals surface area contributed by atoms with E-state index < -0.39 is 0 Å². The van der Waals surface area contributed by atoms with Crippen molar-refractivity contribution in [2.24, 2.45) is 5.73 Å². The standard InChI is InChI=1S/C17H29N3/c1-5-16(18)17(14-8-6-7-13(2)11-14)20-10-9-15(12-20)19(3)4/h6-8,11,15-17H,5,9-10,12,18H2,1-4H3. The summed E-state index contributed by atoms with van der Waals surface area (Å²) >= 11 is 0. The van der Waals surface area contributed by atoms with Crippen molar-refractivity contribution in [3.63, 3.8) is 0 Å². The number of hydrogen-bond donors (Lipinski definition) is 1. The Kier molecular flexibility index (Phi) is 5.19. The third-order valence-electron chi connectivity index (χ3n) is 4.58. The fraction of sp³-hybridized carbons (Fsp3) is 0.647. The summed E-state index contributed by atoms with van der Waals surface area (Å²) in [5, 5.41) is 0. The molecule has 1 saturated heterocycles. The summed E-state index contributed by atoms with van der Waals surface area (Å²) in [6.45, 7) is 6.62. The van der Waals surface area contributed by atoms with Crippen LogP contribution in [0.25, 0.3) is 0 Å². The first-order valence-corrected chi connectivity index (χ1v) is 7.75. The van der Waals surface area contributed by atoms with Gasteiger partial charge in [0.05, 0.1) is 0 Å². The fourth-order valence-corrected chi connectivity index (χ4v) is 3.25. The predicted octanol–water partition coefficient (Wildman–Crippen LogP) is 2.41. The first-order valence-electron chi connectivity index (χ1n) is 7.75. The molecule has 3 unspecified atom stereocenters. The highest BCUT2D eigenvalue weighted by Crippen LogP contribution is 2.30. The van der Waals surface area contributed by atoms with Gasteiger partial charge < -0.3 is 10.6 Å². The van der Waals surface area contributed by atoms with Gasteiger partial charge in [-0.1, -0.05) is 36.8 Å². The minimum absolute atomic E-state index is 0.206. The maximum absolute atomic E-state index is 6.45. The van der Waals surface area contributed by atoms with Crippen LogP contribution in [0.4, 0.5) is 0 Å². The molecule has 1 aliphatic heterocycles. The number of aryl methyl sites for hydroxylation is 1. The van der Waals surface area contributed by atoms with Crippen LogP contribution in [0.1, 0.15) is 36.9 Å². The van der Waals surface area contributed by atoms with Gasteiger partial charge in [0.15, 0.2) is 0 Å². The third kappa shape index (κ3) is 3.40. The molecule has 0 amide bonds. The van der Waals surface area contributed by atoms with Gasteiger partial charge in [-0.15, -0.1) is 0 Å². The second-order valence-corrected chi connectivity index (χ2v) is 6.33. The van der Waals surface area contributed by atoms with Gasteiger partial charge in [-0.25, -0.2) is 0 Å². The van der Waals surface area contributed by atoms with Gasteiger partial charge in [0.25, 0.3) is 0 Å². The molecule has 0 aliphatic carbocycles. The molecule has 0 aromatic heterocycles. The minimum Gasteiger partial charge on any atom is -0.326 e. The lowest BCUT2D eigenvalue weighted by Gasteiger charge is -2.33. The molecule has 1 heterocycles. The second kappa shape index (κ2) is 6.70. The van der Waals surface area contributed by atoms with Crippen LogP contribution in [0.5, 0.6) is 0 Å². The average molecular weight is 275 g/mol. The van der Waals surface area contributed by atoms with Crippen LogP contribution < -0.4 is 5.73 Å². The summed E-state index contributed by atoms with van der Waals surface area (Å²) in [7, 11) is 4.35. The van der Waals surface area contributed by atoms with Crippen molar-refractivity contribution in [3.8, 4) is 0 Å². The molecule has 3 heteroatoms. The molecular formula is C17H29N3. The number of nitrogens with zero attached hydrogens (tertiary/aromatic N) is 2. The van der Waals surface area contributed by atoms with Gasteiger partial charge in [-0.05, 0) is 39.4 Å². The predicted molar refractivity (Wildman–Crippen MR) is 85.9 cm³/mol. The average Bonchev–Trinajstić information content (AvgIpc) is 2.88. The number of hydrogen-bond acceptors (Lipinski definition) is 3. The Morgan fingerprint density at radius 1 is 1.40 bits per heavy atom. The first-order chi connectivity index (χ1) is 9.52. The van der Waals surface area contributed by atoms with Gasteiger partial charge >= 0.3 is 0 Å². The third-order valence-corrected chi connectivity index (χ3v) is 4.58. The molecule has 2 N–H and O–H groups in total. The lowest BCUT2D eigenvalue weighted by molar-refractivity contribution is 0.190. The molecule has 0 saturated carbocycles. The number of likely N-dealkylation sites (N-methyl/N-ethyl adjacent to an activating group) is 1. The summed E-state index contributed by atoms with van der Waals surface area (Å²) in [4.78, 5) is 4.92. The summed E-state index contributed by atoms with van der Waals surface area (Å²) in [5.41, 5.74) is 9.14. The highest BCUT2D eigenvalue weighted by atomic mass is 15.3. The molecule has 20 heavy (non-hydrogen) atoms. The lowest BCUT2D eigenvalue weighted by Crippen LogP contribution is -2.41. The Hall–Kier alpha value is -0.900. The monoisotopic (exact) mass is 275 g/mol. The maximum atomic E-state index is 6.45. The summed E-state index contributed by atoms with van der Waals surface area (Å²) in [5.74, 6) is 0. The van der Waals surface area contributed by atoms with Gasteiger partial charge in [-0.2, -0.15) is 0 Å². The van der Waals surface area contributed by atoms with Crippen molar-refractivity contribution < 1.29 is 0 Å². The smallest absolute Gasteiger partial charge is 0.0499 e. The topological polar surface area (TPSA) is 32.5 Å². The molecule has 1 fully saturated rings. The van der Waals surface area contributed by atoms with Gasteiger partial charge in [-0.3, -0.25) is 4.90 Å². The molecule has 0 radical (unpaired) electrons. The van der Waals surface area contributed by atoms with Crippen LogP contribution in [0.2, 0.25) is 0 Å². The largest absolute Gasteiger partial charge is 0.326 e. The van der Waals surface area contributed by atoms with Crippen LogP contribution in [0.15, 0.2) is 24.3 Å². The Morgan fingerprint density at radius 3 is 2.70 bits per heavy atom. The molecule has 0 spiro atoms. The normalized spacial score (nSPS) is 23.2. The minimum atomic E-state index is 0.206. The quantitative estimate of drug-likeness (QED) is 0.895. The number of likely N-dealkylation sites (tertiary alicyclic amines) is 1. The SMILES string of the molecule is CCC(N)C(c1cccc(C)c1)N1CCC(N(C)C)C1. The zero-order valence-electron chi connectivity index (χ0n) is 13.3. The van der Waals surface area contributed by atoms with Crippen LogP contribution in [0, 0.1) is 6.92 Å². The number of benzene rings is 1. The molecule has 0 bridgehead atoms. The molecule has 1 aromatic rings. The molecule has 3 atom stereocenters. The highest BCUT2D eigenvalue weighted by molar-refractivity contribution is 5.26. The first kappa shape index (κ1) is 15.5. The lowest BCUT2D eigenvalue weighted by atomic mass is 9.95. The van der Waals surface area contributed by atoms with E-state index in [2.05, 4.69) is 62.0 Å². The molecule has 1 aliphatic rings. The van der Waals surface area contributed by atoms with Crippen LogP contribution in [-0.2, 0) is 0 Å². The molecular weight excluding hydrogens is 246 g/mol. The summed E-state index contributed by atoms with van der Waals surface area (Å²) in [6.07, 6.45) is 2.26. The van der Waals surface area contributed by atoms with E-state index in [4.69, 9.17) is 5.73 Å². The van der Waals surface area contributed by atoms with Gasteiger partial charge in [0.1, 0.15) is 0 Å². The van der Waals surface area contributed by atoms with E-state index in [1.165, 1.54) is 17.5 Å². The van der Waals surface area contributed by atoms with E-state index in [9.17, 15) is 0 Å². The van der Waals surface area contributed by atoms with E-state index >= 15 is 0 Å². The zero-order valence-corrected chi connectivity index (χ0v) is 13.3. The van der Waals surface area contributed by atoms with Crippen LogP contribution >= 0.6 is 0 Å². The fourth-order valence-electron chi connectivity index (χ4n) is 3.25. The van der Waals surface area contributed by atoms with Crippen molar-refractivity contribution in [1.29, 1.82) is 0 Å². The van der Waals surface area contributed by atoms with E-state index in [-0.39, 0.29) is 6.04 Å². The van der Waals surface area contributed by atoms with E-state index in [0.717, 1.165) is 19.5 Å². The van der Waals surface area contributed by atoms with E-state index in [0.29, 0.717) is 12.1 Å². The Labute approximate surface area is 123 Å². The van der Waals surface area contributed by atoms with E-state index in [1.54, 1.807) is 0 Å². The second-order valence-electron chi connectivity index (χ2n) is 6.33. The summed E-state index contributed by atoms with van der Waals surface area (Å²) in [6, 6.07) is 10.1. The highest BCUT2D eigenvalue weighted by Gasteiger charge is 2.32. The number of rotatable bonds is 5. The molecule has 112 valence electrons. The van der Waals surface area contributed by atoms with Gasteiger partial charge in [0, 0.05) is 31.2 Å². The molecule has 3 nitrogen and oxygen atoms in total. The molecule has 2 rings (SSSR count). The van der Waals surface area contributed by atoms with Crippen LogP contribution in [0.3, 0.4) is 0 Å². The van der Waals surface area contributed by atoms with Crippen LogP contribution in [-0.4, -0.2) is 49.1 Å². The zero-order chi connectivity index (χ0) is 14.7. The van der Waals surface area contributed by atoms with Gasteiger partial charge in [0.2, 0.25) is 0 Å². The van der Waals surface area contributed by atoms with Crippen molar-refractivity contribution >= 4 is 0 Å². The molecule has 1 aromatic carbocycles. The van der Waals surface area contributed by atoms with Crippen molar-refractivity contribution in [1.82, 2.24) is 9.80 Å². The van der Waals surface area contributed by atoms with E-state index in [1.807, 2.05) is 0 Å². The Morgan fingerprint density at radius 2 is 2.15 bits per heavy atom. The number of nitrogens with two attached hydrogens (primary N) is 1. The Balaban J connectivity index is 2.21.